The molecular weight excluding hydrogens is 546 g/mol. The number of nitrogens with zero attached hydrogens (tertiary/aromatic N) is 6. The minimum Gasteiger partial charge on any atom is -0.489 e. The van der Waals surface area contributed by atoms with Crippen LogP contribution in [-0.4, -0.2) is 96.0 Å². The van der Waals surface area contributed by atoms with Gasteiger partial charge in [-0.25, -0.2) is 9.97 Å². The second-order valence-electron chi connectivity index (χ2n) is 13.2. The highest BCUT2D eigenvalue weighted by Crippen LogP contribution is 2.47. The maximum absolute atomic E-state index is 13.2. The third kappa shape index (κ3) is 5.32. The van der Waals surface area contributed by atoms with Gasteiger partial charge in [-0.05, 0) is 63.1 Å². The number of carbonyl (C=O) groups is 3. The highest BCUT2D eigenvalue weighted by atomic mass is 16.5. The smallest absolute Gasteiger partial charge is 0.254 e. The monoisotopic (exact) mass is 587 g/mol. The fraction of sp³-hybridized carbons (Fsp3) is 0.594. The van der Waals surface area contributed by atoms with Crippen LogP contribution in [0.3, 0.4) is 0 Å². The summed E-state index contributed by atoms with van der Waals surface area (Å²) in [7, 11) is 0. The summed E-state index contributed by atoms with van der Waals surface area (Å²) in [4.78, 5) is 53.6. The maximum Gasteiger partial charge on any atom is 0.254 e. The third-order valence-electron chi connectivity index (χ3n) is 10.5. The van der Waals surface area contributed by atoms with Crippen LogP contribution in [0, 0.1) is 11.3 Å². The lowest BCUT2D eigenvalue weighted by atomic mass is 9.66. The highest BCUT2D eigenvalue weighted by molar-refractivity contribution is 6.00. The van der Waals surface area contributed by atoms with Crippen LogP contribution in [-0.2, 0) is 16.1 Å². The van der Waals surface area contributed by atoms with Gasteiger partial charge in [-0.15, -0.1) is 0 Å². The molecule has 1 aromatic heterocycles. The molecule has 11 nitrogen and oxygen atoms in total. The van der Waals surface area contributed by atoms with E-state index in [0.29, 0.717) is 43.0 Å². The van der Waals surface area contributed by atoms with Gasteiger partial charge in [-0.1, -0.05) is 0 Å². The molecule has 5 aliphatic rings. The minimum atomic E-state index is -0.326. The van der Waals surface area contributed by atoms with Crippen molar-refractivity contribution in [1.29, 1.82) is 0 Å². The van der Waals surface area contributed by atoms with Crippen molar-refractivity contribution >= 4 is 29.9 Å². The van der Waals surface area contributed by atoms with Gasteiger partial charge in [0.05, 0.1) is 18.3 Å². The summed E-state index contributed by atoms with van der Waals surface area (Å²) in [6.45, 7) is 9.40. The van der Waals surface area contributed by atoms with Crippen LogP contribution >= 0.6 is 0 Å². The molecule has 4 aliphatic heterocycles. The van der Waals surface area contributed by atoms with E-state index in [-0.39, 0.29) is 24.3 Å². The summed E-state index contributed by atoms with van der Waals surface area (Å²) in [5.41, 5.74) is 3.20. The number of anilines is 2. The molecule has 11 heteroatoms. The van der Waals surface area contributed by atoms with E-state index in [4.69, 9.17) is 4.74 Å². The number of imide groups is 1. The Morgan fingerprint density at radius 3 is 2.74 bits per heavy atom. The molecule has 2 atom stereocenters. The summed E-state index contributed by atoms with van der Waals surface area (Å²) in [6.07, 6.45) is 9.94. The van der Waals surface area contributed by atoms with Crippen molar-refractivity contribution in [3.63, 3.8) is 0 Å². The molecule has 2 saturated heterocycles. The molecule has 2 aromatic rings. The normalized spacial score (nSPS) is 23.6. The van der Waals surface area contributed by atoms with Gasteiger partial charge in [0.25, 0.3) is 5.91 Å². The van der Waals surface area contributed by atoms with Crippen LogP contribution in [0.2, 0.25) is 0 Å². The van der Waals surface area contributed by atoms with E-state index in [2.05, 4.69) is 36.1 Å². The number of aromatic nitrogens is 2. The Morgan fingerprint density at radius 1 is 1.19 bits per heavy atom. The molecule has 43 heavy (non-hydrogen) atoms. The van der Waals surface area contributed by atoms with Crippen LogP contribution in [0.1, 0.15) is 61.4 Å². The molecular formula is C32H41N7O4. The molecule has 228 valence electrons. The van der Waals surface area contributed by atoms with Crippen molar-refractivity contribution < 1.29 is 19.1 Å². The van der Waals surface area contributed by atoms with Crippen molar-refractivity contribution in [3.05, 3.63) is 41.7 Å². The molecule has 2 unspecified atom stereocenters. The van der Waals surface area contributed by atoms with Gasteiger partial charge in [-0.2, -0.15) is 0 Å². The average molecular weight is 588 g/mol. The predicted octanol–water partition coefficient (Wildman–Crippen LogP) is 2.45. The van der Waals surface area contributed by atoms with Gasteiger partial charge in [0.2, 0.25) is 18.3 Å². The van der Waals surface area contributed by atoms with E-state index >= 15 is 0 Å². The number of nitrogens with one attached hydrogen (secondary N) is 1. The number of ether oxygens (including phenoxy) is 1. The number of carbonyl (C=O) groups excluding carboxylic acids is 3. The Kier molecular flexibility index (Phi) is 7.44. The molecule has 5 heterocycles. The van der Waals surface area contributed by atoms with Crippen molar-refractivity contribution in [3.8, 4) is 5.75 Å². The van der Waals surface area contributed by atoms with Gasteiger partial charge in [0.15, 0.2) is 0 Å². The summed E-state index contributed by atoms with van der Waals surface area (Å²) in [6, 6.07) is 6.07. The average Bonchev–Trinajstić information content (AvgIpc) is 3.36. The molecule has 1 saturated carbocycles. The third-order valence-corrected chi connectivity index (χ3v) is 10.5. The number of amides is 3. The first-order chi connectivity index (χ1) is 20.9. The molecule has 1 aromatic carbocycles. The molecule has 1 spiro atoms. The van der Waals surface area contributed by atoms with Crippen LogP contribution in [0.25, 0.3) is 0 Å². The fourth-order valence-electron chi connectivity index (χ4n) is 7.98. The van der Waals surface area contributed by atoms with E-state index in [1.807, 2.05) is 36.4 Å². The Hall–Kier alpha value is -3.73. The quantitative estimate of drug-likeness (QED) is 0.466. The zero-order chi connectivity index (χ0) is 29.6. The van der Waals surface area contributed by atoms with E-state index in [0.717, 1.165) is 68.1 Å². The lowest BCUT2D eigenvalue weighted by Crippen LogP contribution is -2.59. The summed E-state index contributed by atoms with van der Waals surface area (Å²) < 4.78 is 6.41. The number of piperazine rings is 1. The number of hydrogen-bond acceptors (Lipinski definition) is 9. The fourth-order valence-corrected chi connectivity index (χ4v) is 7.98. The van der Waals surface area contributed by atoms with E-state index in [9.17, 15) is 14.4 Å². The van der Waals surface area contributed by atoms with Gasteiger partial charge >= 0.3 is 0 Å². The second kappa shape index (κ2) is 11.4. The van der Waals surface area contributed by atoms with Crippen molar-refractivity contribution in [2.24, 2.45) is 11.3 Å². The lowest BCUT2D eigenvalue weighted by molar-refractivity contribution is -0.125. The molecule has 0 radical (unpaired) electrons. The SMILES string of the molecule is CC(CCC(=O)NC=O)N1Cc2c(ccc3c2OCC2CN(CC4CCC5(CC4)CN(c4ncccn4)C5)CCN32)C1=O. The predicted molar refractivity (Wildman–Crippen MR) is 161 cm³/mol. The van der Waals surface area contributed by atoms with Gasteiger partial charge < -0.3 is 19.4 Å². The molecule has 3 amide bonds. The van der Waals surface area contributed by atoms with Crippen molar-refractivity contribution in [2.45, 2.75) is 64.1 Å². The maximum atomic E-state index is 13.2. The molecule has 1 aliphatic carbocycles. The van der Waals surface area contributed by atoms with Crippen LogP contribution in [0.5, 0.6) is 5.75 Å². The second-order valence-corrected chi connectivity index (χ2v) is 13.2. The van der Waals surface area contributed by atoms with Crippen LogP contribution < -0.4 is 19.9 Å². The molecule has 0 bridgehead atoms. The Bertz CT molecular complexity index is 1370. The first-order valence-corrected chi connectivity index (χ1v) is 15.8. The Labute approximate surface area is 252 Å². The zero-order valence-corrected chi connectivity index (χ0v) is 24.9. The summed E-state index contributed by atoms with van der Waals surface area (Å²) in [5.74, 6) is 2.12. The summed E-state index contributed by atoms with van der Waals surface area (Å²) in [5, 5.41) is 2.17. The summed E-state index contributed by atoms with van der Waals surface area (Å²) >= 11 is 0. The van der Waals surface area contributed by atoms with Crippen molar-refractivity contribution in [2.75, 3.05) is 55.7 Å². The van der Waals surface area contributed by atoms with Crippen LogP contribution in [0.4, 0.5) is 11.6 Å². The van der Waals surface area contributed by atoms with Crippen LogP contribution in [0.15, 0.2) is 30.6 Å². The number of hydrogen-bond donors (Lipinski definition) is 1. The molecule has 3 fully saturated rings. The first-order valence-electron chi connectivity index (χ1n) is 15.8. The van der Waals surface area contributed by atoms with Gasteiger partial charge in [0, 0.05) is 80.7 Å². The van der Waals surface area contributed by atoms with E-state index < -0.39 is 0 Å². The number of benzene rings is 1. The van der Waals surface area contributed by atoms with Crippen molar-refractivity contribution in [1.82, 2.24) is 25.1 Å². The van der Waals surface area contributed by atoms with E-state index in [1.54, 1.807) is 0 Å². The number of fused-ring (bicyclic) bond motifs is 5. The van der Waals surface area contributed by atoms with Gasteiger partial charge in [0.1, 0.15) is 12.4 Å². The minimum absolute atomic E-state index is 0.0195. The number of rotatable bonds is 8. The zero-order valence-electron chi connectivity index (χ0n) is 24.9. The Morgan fingerprint density at radius 2 is 1.98 bits per heavy atom. The lowest BCUT2D eigenvalue weighted by Gasteiger charge is -2.54. The Balaban J connectivity index is 0.921. The first kappa shape index (κ1) is 28.1. The van der Waals surface area contributed by atoms with Gasteiger partial charge in [-0.3, -0.25) is 24.6 Å². The molecule has 1 N–H and O–H groups in total. The molecule has 7 rings (SSSR count). The topological polar surface area (TPSA) is 111 Å². The highest BCUT2D eigenvalue weighted by Gasteiger charge is 2.46. The van der Waals surface area contributed by atoms with E-state index in [1.165, 1.54) is 25.7 Å². The largest absolute Gasteiger partial charge is 0.489 e. The standard InChI is InChI=1S/C32H41N7O4/c1-22(3-6-28(41)35-21-40)39-17-26-25(30(39)42)4-5-27-29(26)43-18-24-16-36(13-14-38(24)27)15-23-7-9-32(10-8-23)19-37(20-32)31-33-11-2-12-34-31/h2,4-5,11-12,21-24H,3,6-10,13-20H2,1H3,(H,35,40,41).